The monoisotopic (exact) mass is 294 g/mol. The number of hydrogen-bond donors (Lipinski definition) is 0. The van der Waals surface area contributed by atoms with Crippen LogP contribution in [0.1, 0.15) is 110 Å². The minimum atomic E-state index is 0.257. The summed E-state index contributed by atoms with van der Waals surface area (Å²) in [5, 5.41) is 0. The summed E-state index contributed by atoms with van der Waals surface area (Å²) in [5.74, 6) is 0.854. The molecule has 2 aliphatic rings. The van der Waals surface area contributed by atoms with Crippen molar-refractivity contribution in [3.63, 3.8) is 0 Å². The summed E-state index contributed by atoms with van der Waals surface area (Å²) in [6.07, 6.45) is 22.5. The van der Waals surface area contributed by atoms with E-state index in [2.05, 4.69) is 6.92 Å². The fourth-order valence-electron chi connectivity index (χ4n) is 4.61. The van der Waals surface area contributed by atoms with Crippen LogP contribution < -0.4 is 0 Å². The summed E-state index contributed by atoms with van der Waals surface area (Å²) in [6.45, 7) is 3.35. The average molecular weight is 295 g/mol. The van der Waals surface area contributed by atoms with Crippen LogP contribution in [-0.4, -0.2) is 12.2 Å². The minimum absolute atomic E-state index is 0.257. The van der Waals surface area contributed by atoms with Crippen molar-refractivity contribution in [1.82, 2.24) is 0 Å². The van der Waals surface area contributed by atoms with Gasteiger partial charge in [-0.2, -0.15) is 0 Å². The van der Waals surface area contributed by atoms with Crippen molar-refractivity contribution in [3.05, 3.63) is 0 Å². The quantitative estimate of drug-likeness (QED) is 0.516. The first-order valence-electron chi connectivity index (χ1n) is 10.0. The third-order valence-corrected chi connectivity index (χ3v) is 5.94. The zero-order chi connectivity index (χ0) is 14.8. The summed E-state index contributed by atoms with van der Waals surface area (Å²) >= 11 is 0. The third kappa shape index (κ3) is 5.58. The lowest BCUT2D eigenvalue weighted by molar-refractivity contribution is -0.113. The van der Waals surface area contributed by atoms with E-state index in [-0.39, 0.29) is 5.60 Å². The van der Waals surface area contributed by atoms with Crippen LogP contribution in [0.4, 0.5) is 0 Å². The first-order chi connectivity index (χ1) is 10.4. The third-order valence-electron chi connectivity index (χ3n) is 5.94. The van der Waals surface area contributed by atoms with Crippen molar-refractivity contribution in [2.75, 3.05) is 6.61 Å². The van der Waals surface area contributed by atoms with Crippen LogP contribution in [0.3, 0.4) is 0 Å². The van der Waals surface area contributed by atoms with Crippen molar-refractivity contribution in [1.29, 1.82) is 0 Å². The predicted molar refractivity (Wildman–Crippen MR) is 91.7 cm³/mol. The Morgan fingerprint density at radius 2 is 1.48 bits per heavy atom. The molecule has 1 aliphatic carbocycles. The largest absolute Gasteiger partial charge is 0.375 e. The van der Waals surface area contributed by atoms with E-state index in [1.54, 1.807) is 0 Å². The smallest absolute Gasteiger partial charge is 0.0710 e. The summed E-state index contributed by atoms with van der Waals surface area (Å²) < 4.78 is 6.65. The van der Waals surface area contributed by atoms with Crippen LogP contribution in [0, 0.1) is 5.92 Å². The van der Waals surface area contributed by atoms with E-state index < -0.39 is 0 Å². The molecule has 0 N–H and O–H groups in total. The van der Waals surface area contributed by atoms with Gasteiger partial charge in [-0.1, -0.05) is 77.6 Å². The van der Waals surface area contributed by atoms with Gasteiger partial charge in [-0.15, -0.1) is 0 Å². The van der Waals surface area contributed by atoms with Crippen molar-refractivity contribution < 1.29 is 4.74 Å². The van der Waals surface area contributed by atoms with Crippen LogP contribution in [0.25, 0.3) is 0 Å². The maximum absolute atomic E-state index is 6.65. The highest BCUT2D eigenvalue weighted by atomic mass is 16.5. The van der Waals surface area contributed by atoms with Gasteiger partial charge in [-0.25, -0.2) is 0 Å². The second-order valence-corrected chi connectivity index (χ2v) is 7.58. The Balaban J connectivity index is 2.03. The molecule has 0 aromatic heterocycles. The Bertz CT molecular complexity index is 245. The molecule has 0 aromatic rings. The van der Waals surface area contributed by atoms with E-state index in [1.165, 1.54) is 103 Å². The number of rotatable bonds is 5. The first kappa shape index (κ1) is 17.3. The van der Waals surface area contributed by atoms with E-state index in [0.717, 1.165) is 12.5 Å². The van der Waals surface area contributed by atoms with E-state index in [0.29, 0.717) is 0 Å². The Labute approximate surface area is 133 Å². The Hall–Kier alpha value is -0.0400. The molecule has 21 heavy (non-hydrogen) atoms. The molecule has 1 saturated carbocycles. The van der Waals surface area contributed by atoms with Gasteiger partial charge in [0.25, 0.3) is 0 Å². The summed E-state index contributed by atoms with van der Waals surface area (Å²) in [7, 11) is 0. The molecule has 1 heteroatoms. The Kier molecular flexibility index (Phi) is 8.14. The molecule has 1 atom stereocenters. The number of unbranched alkanes of at least 4 members (excludes halogenated alkanes) is 2. The Morgan fingerprint density at radius 1 is 0.810 bits per heavy atom. The summed E-state index contributed by atoms with van der Waals surface area (Å²) in [6, 6.07) is 0. The van der Waals surface area contributed by atoms with Crippen molar-refractivity contribution in [2.24, 2.45) is 5.92 Å². The molecule has 0 aromatic carbocycles. The highest BCUT2D eigenvalue weighted by Crippen LogP contribution is 2.41. The van der Waals surface area contributed by atoms with Gasteiger partial charge in [0.05, 0.1) is 5.60 Å². The second kappa shape index (κ2) is 9.87. The van der Waals surface area contributed by atoms with Gasteiger partial charge >= 0.3 is 0 Å². The van der Waals surface area contributed by atoms with Gasteiger partial charge in [0.15, 0.2) is 0 Å². The SMILES string of the molecule is CCCCCC1(C2CCCCCCC2)CCCCCCO1. The zero-order valence-electron chi connectivity index (χ0n) is 14.5. The van der Waals surface area contributed by atoms with Gasteiger partial charge < -0.3 is 4.74 Å². The second-order valence-electron chi connectivity index (χ2n) is 7.58. The van der Waals surface area contributed by atoms with Gasteiger partial charge in [0.2, 0.25) is 0 Å². The lowest BCUT2D eigenvalue weighted by atomic mass is 9.72. The Morgan fingerprint density at radius 3 is 2.24 bits per heavy atom. The fourth-order valence-corrected chi connectivity index (χ4v) is 4.61. The number of hydrogen-bond acceptors (Lipinski definition) is 1. The maximum atomic E-state index is 6.65. The van der Waals surface area contributed by atoms with Gasteiger partial charge in [-0.3, -0.25) is 0 Å². The molecular weight excluding hydrogens is 256 g/mol. The summed E-state index contributed by atoms with van der Waals surface area (Å²) in [4.78, 5) is 0. The normalized spacial score (nSPS) is 30.1. The molecule has 1 nitrogen and oxygen atoms in total. The van der Waals surface area contributed by atoms with Gasteiger partial charge in [0, 0.05) is 6.61 Å². The van der Waals surface area contributed by atoms with Gasteiger partial charge in [0.1, 0.15) is 0 Å². The van der Waals surface area contributed by atoms with E-state index in [1.807, 2.05) is 0 Å². The van der Waals surface area contributed by atoms with Crippen molar-refractivity contribution >= 4 is 0 Å². The van der Waals surface area contributed by atoms with Crippen LogP contribution >= 0.6 is 0 Å². The molecule has 2 rings (SSSR count). The van der Waals surface area contributed by atoms with E-state index in [4.69, 9.17) is 4.74 Å². The lowest BCUT2D eigenvalue weighted by Gasteiger charge is -2.43. The molecule has 2 fully saturated rings. The molecule has 0 radical (unpaired) electrons. The molecule has 1 heterocycles. The maximum Gasteiger partial charge on any atom is 0.0710 e. The minimum Gasteiger partial charge on any atom is -0.375 e. The lowest BCUT2D eigenvalue weighted by Crippen LogP contribution is -2.42. The molecular formula is C20H38O. The molecule has 124 valence electrons. The fraction of sp³-hybridized carbons (Fsp3) is 1.00. The van der Waals surface area contributed by atoms with Crippen molar-refractivity contribution in [3.8, 4) is 0 Å². The highest BCUT2D eigenvalue weighted by molar-refractivity contribution is 4.90. The van der Waals surface area contributed by atoms with Crippen LogP contribution in [-0.2, 0) is 4.74 Å². The molecule has 1 aliphatic heterocycles. The molecule has 0 bridgehead atoms. The molecule has 1 unspecified atom stereocenters. The number of ether oxygens (including phenoxy) is 1. The van der Waals surface area contributed by atoms with Gasteiger partial charge in [-0.05, 0) is 38.0 Å². The average Bonchev–Trinajstić information content (AvgIpc) is 2.42. The molecule has 1 saturated heterocycles. The van der Waals surface area contributed by atoms with Crippen LogP contribution in [0.15, 0.2) is 0 Å². The molecule has 0 spiro atoms. The zero-order valence-corrected chi connectivity index (χ0v) is 14.5. The van der Waals surface area contributed by atoms with E-state index in [9.17, 15) is 0 Å². The van der Waals surface area contributed by atoms with Crippen molar-refractivity contribution in [2.45, 2.75) is 115 Å². The predicted octanol–water partition coefficient (Wildman–Crippen LogP) is 6.65. The highest BCUT2D eigenvalue weighted by Gasteiger charge is 2.38. The standard InChI is InChI=1S/C20H38O/c1-2-3-11-16-20(17-12-7-8-13-18-21-20)19-14-9-5-4-6-10-15-19/h19H,2-18H2,1H3. The van der Waals surface area contributed by atoms with Crippen LogP contribution in [0.5, 0.6) is 0 Å². The first-order valence-corrected chi connectivity index (χ1v) is 10.0. The van der Waals surface area contributed by atoms with Crippen LogP contribution in [0.2, 0.25) is 0 Å². The summed E-state index contributed by atoms with van der Waals surface area (Å²) in [5.41, 5.74) is 0.257. The van der Waals surface area contributed by atoms with E-state index >= 15 is 0 Å². The molecule has 0 amide bonds. The topological polar surface area (TPSA) is 9.23 Å².